The van der Waals surface area contributed by atoms with Gasteiger partial charge in [0.2, 0.25) is 0 Å². The first-order chi connectivity index (χ1) is 6.70. The third kappa shape index (κ3) is 3.79. The maximum Gasteiger partial charge on any atom is 0.0364 e. The van der Waals surface area contributed by atoms with Crippen LogP contribution in [0.3, 0.4) is 0 Å². The molecule has 0 aliphatic carbocycles. The zero-order valence-corrected chi connectivity index (χ0v) is 9.33. The van der Waals surface area contributed by atoms with Gasteiger partial charge in [-0.05, 0) is 12.1 Å². The number of benzene rings is 1. The Morgan fingerprint density at radius 2 is 1.86 bits per heavy atom. The van der Waals surface area contributed by atoms with Gasteiger partial charge in [-0.2, -0.15) is 0 Å². The lowest BCUT2D eigenvalue weighted by Gasteiger charge is -2.20. The second kappa shape index (κ2) is 5.66. The molecule has 0 fully saturated rings. The van der Waals surface area contributed by atoms with E-state index >= 15 is 0 Å². The van der Waals surface area contributed by atoms with E-state index in [-0.39, 0.29) is 0 Å². The molecule has 0 aliphatic rings. The van der Waals surface area contributed by atoms with Gasteiger partial charge < -0.3 is 10.2 Å². The first-order valence-electron chi connectivity index (χ1n) is 5.19. The van der Waals surface area contributed by atoms with Crippen molar-refractivity contribution < 1.29 is 0 Å². The van der Waals surface area contributed by atoms with Gasteiger partial charge in [0.15, 0.2) is 0 Å². The average molecular weight is 192 g/mol. The number of likely N-dealkylation sites (N-methyl/N-ethyl adjacent to an activating group) is 1. The summed E-state index contributed by atoms with van der Waals surface area (Å²) in [7, 11) is 2.12. The van der Waals surface area contributed by atoms with Gasteiger partial charge in [-0.1, -0.05) is 32.0 Å². The molecule has 0 heterocycles. The standard InChI is InChI=1S/C12H20N2/c1-11(2)13-9-10-14(3)12-7-5-4-6-8-12/h4-8,11,13H,9-10H2,1-3H3. The van der Waals surface area contributed by atoms with Gasteiger partial charge in [0.25, 0.3) is 0 Å². The largest absolute Gasteiger partial charge is 0.373 e. The van der Waals surface area contributed by atoms with E-state index in [4.69, 9.17) is 0 Å². The van der Waals surface area contributed by atoms with Crippen LogP contribution in [0.5, 0.6) is 0 Å². The first-order valence-corrected chi connectivity index (χ1v) is 5.19. The summed E-state index contributed by atoms with van der Waals surface area (Å²) in [6.45, 7) is 6.41. The minimum atomic E-state index is 0.569. The molecule has 14 heavy (non-hydrogen) atoms. The topological polar surface area (TPSA) is 15.3 Å². The van der Waals surface area contributed by atoms with Gasteiger partial charge in [-0.15, -0.1) is 0 Å². The van der Waals surface area contributed by atoms with Crippen molar-refractivity contribution in [3.8, 4) is 0 Å². The van der Waals surface area contributed by atoms with Gasteiger partial charge in [0.1, 0.15) is 0 Å². The van der Waals surface area contributed by atoms with Crippen LogP contribution in [-0.2, 0) is 0 Å². The van der Waals surface area contributed by atoms with Crippen molar-refractivity contribution in [2.45, 2.75) is 19.9 Å². The van der Waals surface area contributed by atoms with E-state index in [1.165, 1.54) is 5.69 Å². The molecule has 0 aliphatic heterocycles. The van der Waals surface area contributed by atoms with Crippen LogP contribution in [0.1, 0.15) is 13.8 Å². The number of hydrogen-bond acceptors (Lipinski definition) is 2. The Morgan fingerprint density at radius 3 is 2.43 bits per heavy atom. The highest BCUT2D eigenvalue weighted by Gasteiger charge is 1.99. The van der Waals surface area contributed by atoms with Crippen LogP contribution in [0.2, 0.25) is 0 Å². The van der Waals surface area contributed by atoms with Crippen LogP contribution in [0, 0.1) is 0 Å². The summed E-state index contributed by atoms with van der Waals surface area (Å²) >= 11 is 0. The molecule has 0 atom stereocenters. The Hall–Kier alpha value is -1.02. The number of anilines is 1. The molecule has 1 N–H and O–H groups in total. The SMILES string of the molecule is CC(C)NCCN(C)c1ccccc1. The molecular formula is C12H20N2. The van der Waals surface area contributed by atoms with Crippen LogP contribution in [0.4, 0.5) is 5.69 Å². The number of para-hydroxylation sites is 1. The van der Waals surface area contributed by atoms with E-state index in [0.29, 0.717) is 6.04 Å². The normalized spacial score (nSPS) is 10.6. The summed E-state index contributed by atoms with van der Waals surface area (Å²) in [5.74, 6) is 0. The molecule has 1 aromatic rings. The molecule has 1 rings (SSSR count). The zero-order valence-electron chi connectivity index (χ0n) is 9.33. The fourth-order valence-corrected chi connectivity index (χ4v) is 1.33. The van der Waals surface area contributed by atoms with E-state index in [2.05, 4.69) is 55.4 Å². The Bertz CT molecular complexity index is 244. The monoisotopic (exact) mass is 192 g/mol. The first kappa shape index (κ1) is 11.1. The average Bonchev–Trinajstić information content (AvgIpc) is 2.18. The minimum Gasteiger partial charge on any atom is -0.373 e. The number of rotatable bonds is 5. The highest BCUT2D eigenvalue weighted by Crippen LogP contribution is 2.09. The van der Waals surface area contributed by atoms with Crippen molar-refractivity contribution in [1.82, 2.24) is 5.32 Å². The van der Waals surface area contributed by atoms with Gasteiger partial charge in [-0.3, -0.25) is 0 Å². The fourth-order valence-electron chi connectivity index (χ4n) is 1.33. The van der Waals surface area contributed by atoms with Crippen molar-refractivity contribution in [3.05, 3.63) is 30.3 Å². The fraction of sp³-hybridized carbons (Fsp3) is 0.500. The summed E-state index contributed by atoms with van der Waals surface area (Å²) < 4.78 is 0. The highest BCUT2D eigenvalue weighted by molar-refractivity contribution is 5.44. The second-order valence-electron chi connectivity index (χ2n) is 3.87. The number of nitrogens with zero attached hydrogens (tertiary/aromatic N) is 1. The Morgan fingerprint density at radius 1 is 1.21 bits per heavy atom. The van der Waals surface area contributed by atoms with Gasteiger partial charge in [0, 0.05) is 31.9 Å². The quantitative estimate of drug-likeness (QED) is 0.768. The highest BCUT2D eigenvalue weighted by atomic mass is 15.1. The van der Waals surface area contributed by atoms with E-state index in [0.717, 1.165) is 13.1 Å². The third-order valence-electron chi connectivity index (χ3n) is 2.20. The molecule has 0 saturated carbocycles. The molecule has 0 spiro atoms. The van der Waals surface area contributed by atoms with Crippen molar-refractivity contribution in [2.24, 2.45) is 0 Å². The zero-order chi connectivity index (χ0) is 10.4. The molecule has 0 radical (unpaired) electrons. The van der Waals surface area contributed by atoms with Gasteiger partial charge in [-0.25, -0.2) is 0 Å². The van der Waals surface area contributed by atoms with Crippen molar-refractivity contribution in [1.29, 1.82) is 0 Å². The van der Waals surface area contributed by atoms with E-state index in [1.807, 2.05) is 6.07 Å². The molecule has 2 nitrogen and oxygen atoms in total. The summed E-state index contributed by atoms with van der Waals surface area (Å²) in [6, 6.07) is 11.0. The Balaban J connectivity index is 2.32. The summed E-state index contributed by atoms with van der Waals surface area (Å²) in [6.07, 6.45) is 0. The maximum absolute atomic E-state index is 3.40. The lowest BCUT2D eigenvalue weighted by Crippen LogP contribution is -2.32. The molecule has 0 amide bonds. The van der Waals surface area contributed by atoms with Crippen molar-refractivity contribution >= 4 is 5.69 Å². The van der Waals surface area contributed by atoms with Crippen LogP contribution >= 0.6 is 0 Å². The summed E-state index contributed by atoms with van der Waals surface area (Å²) in [5, 5.41) is 3.40. The lowest BCUT2D eigenvalue weighted by atomic mass is 10.3. The predicted molar refractivity (Wildman–Crippen MR) is 62.9 cm³/mol. The van der Waals surface area contributed by atoms with E-state index in [9.17, 15) is 0 Å². The summed E-state index contributed by atoms with van der Waals surface area (Å²) in [4.78, 5) is 2.26. The molecule has 0 saturated heterocycles. The molecule has 0 unspecified atom stereocenters. The van der Waals surface area contributed by atoms with Gasteiger partial charge in [0.05, 0.1) is 0 Å². The number of hydrogen-bond donors (Lipinski definition) is 1. The van der Waals surface area contributed by atoms with Gasteiger partial charge >= 0.3 is 0 Å². The van der Waals surface area contributed by atoms with Crippen molar-refractivity contribution in [3.63, 3.8) is 0 Å². The Labute approximate surface area is 86.9 Å². The van der Waals surface area contributed by atoms with Crippen molar-refractivity contribution in [2.75, 3.05) is 25.0 Å². The summed E-state index contributed by atoms with van der Waals surface area (Å²) in [5.41, 5.74) is 1.28. The molecule has 0 bridgehead atoms. The van der Waals surface area contributed by atoms with Crippen LogP contribution < -0.4 is 10.2 Å². The predicted octanol–water partition coefficient (Wildman–Crippen LogP) is 2.12. The van der Waals surface area contributed by atoms with Crippen LogP contribution in [0.15, 0.2) is 30.3 Å². The van der Waals surface area contributed by atoms with E-state index < -0.39 is 0 Å². The molecular weight excluding hydrogens is 172 g/mol. The molecule has 2 heteroatoms. The molecule has 78 valence electrons. The van der Waals surface area contributed by atoms with E-state index in [1.54, 1.807) is 0 Å². The molecule has 0 aromatic heterocycles. The lowest BCUT2D eigenvalue weighted by molar-refractivity contribution is 0.589. The van der Waals surface area contributed by atoms with Crippen LogP contribution in [-0.4, -0.2) is 26.2 Å². The smallest absolute Gasteiger partial charge is 0.0364 e. The molecule has 1 aromatic carbocycles. The van der Waals surface area contributed by atoms with Crippen LogP contribution in [0.25, 0.3) is 0 Å². The second-order valence-corrected chi connectivity index (χ2v) is 3.87. The number of nitrogens with one attached hydrogen (secondary N) is 1. The minimum absolute atomic E-state index is 0.569. The maximum atomic E-state index is 3.40. The Kier molecular flexibility index (Phi) is 4.47. The third-order valence-corrected chi connectivity index (χ3v) is 2.20.